The third kappa shape index (κ3) is 9.96. The minimum atomic E-state index is -0.113. The molecule has 3 aliphatic carbocycles. The molecule has 0 N–H and O–H groups in total. The quantitative estimate of drug-likeness (QED) is 0.163. The molecule has 0 bridgehead atoms. The molecule has 23 aromatic rings. The Morgan fingerprint density at radius 2 is 0.470 bits per heavy atom. The lowest BCUT2D eigenvalue weighted by atomic mass is 9.80. The predicted molar refractivity (Wildman–Crippen MR) is 505 cm³/mol. The van der Waals surface area contributed by atoms with Crippen LogP contribution in [0.15, 0.2) is 358 Å². The summed E-state index contributed by atoms with van der Waals surface area (Å²) in [6.07, 6.45) is 0. The molecular formula is C111H77N3S3. The highest BCUT2D eigenvalue weighted by molar-refractivity contribution is 7.26. The lowest BCUT2D eigenvalue weighted by Crippen LogP contribution is -2.15. The molecule has 0 saturated carbocycles. The highest BCUT2D eigenvalue weighted by atomic mass is 32.1. The number of aromatic nitrogens is 3. The van der Waals surface area contributed by atoms with Crippen LogP contribution in [0.5, 0.6) is 0 Å². The zero-order valence-electron chi connectivity index (χ0n) is 65.6. The summed E-state index contributed by atoms with van der Waals surface area (Å²) >= 11 is 5.72. The summed E-state index contributed by atoms with van der Waals surface area (Å²) in [4.78, 5) is 0. The van der Waals surface area contributed by atoms with Gasteiger partial charge in [0.2, 0.25) is 0 Å². The van der Waals surface area contributed by atoms with E-state index in [1.54, 1.807) is 0 Å². The lowest BCUT2D eigenvalue weighted by molar-refractivity contribution is 0.666. The average Bonchev–Trinajstić information content (AvgIpc) is 1.55. The van der Waals surface area contributed by atoms with Gasteiger partial charge in [-0.3, -0.25) is 0 Å². The van der Waals surface area contributed by atoms with Gasteiger partial charge in [-0.1, -0.05) is 284 Å². The summed E-state index contributed by atoms with van der Waals surface area (Å²) < 4.78 is 15.6. The molecule has 0 aliphatic heterocycles. The van der Waals surface area contributed by atoms with Crippen molar-refractivity contribution in [3.63, 3.8) is 0 Å². The zero-order valence-corrected chi connectivity index (χ0v) is 68.1. The Bertz CT molecular complexity index is 8110. The van der Waals surface area contributed by atoms with Crippen LogP contribution in [0.2, 0.25) is 0 Å². The molecule has 6 heterocycles. The van der Waals surface area contributed by atoms with Gasteiger partial charge in [-0.15, -0.1) is 34.0 Å². The Kier molecular flexibility index (Phi) is 14.8. The molecule has 0 radical (unpaired) electrons. The Labute approximate surface area is 690 Å². The lowest BCUT2D eigenvalue weighted by Gasteiger charge is -2.23. The minimum Gasteiger partial charge on any atom is -0.309 e. The zero-order chi connectivity index (χ0) is 77.9. The van der Waals surface area contributed by atoms with Gasteiger partial charge in [-0.2, -0.15) is 0 Å². The van der Waals surface area contributed by atoms with Crippen LogP contribution in [0.1, 0.15) is 74.9 Å². The number of benzene rings is 17. The maximum absolute atomic E-state index is 2.46. The predicted octanol–water partition coefficient (Wildman–Crippen LogP) is 31.7. The van der Waals surface area contributed by atoms with Gasteiger partial charge < -0.3 is 13.7 Å². The van der Waals surface area contributed by atoms with Gasteiger partial charge in [0.1, 0.15) is 0 Å². The van der Waals surface area contributed by atoms with E-state index in [9.17, 15) is 0 Å². The van der Waals surface area contributed by atoms with E-state index < -0.39 is 0 Å². The number of nitrogens with zero attached hydrogens (tertiary/aromatic N) is 3. The van der Waals surface area contributed by atoms with E-state index in [2.05, 4.69) is 413 Å². The third-order valence-electron chi connectivity index (χ3n) is 26.3. The highest BCUT2D eigenvalue weighted by Gasteiger charge is 2.42. The second kappa shape index (κ2) is 25.4. The van der Waals surface area contributed by atoms with Crippen LogP contribution in [0.3, 0.4) is 0 Å². The second-order valence-corrected chi connectivity index (χ2v) is 37.0. The Morgan fingerprint density at radius 3 is 0.846 bits per heavy atom. The number of hydrogen-bond acceptors (Lipinski definition) is 3. The monoisotopic (exact) mass is 1550 g/mol. The third-order valence-corrected chi connectivity index (χ3v) is 29.7. The number of para-hydroxylation sites is 4. The van der Waals surface area contributed by atoms with Crippen molar-refractivity contribution < 1.29 is 0 Å². The highest BCUT2D eigenvalue weighted by Crippen LogP contribution is 2.59. The molecule has 26 rings (SSSR count). The summed E-state index contributed by atoms with van der Waals surface area (Å²) in [5.41, 5.74) is 32.7. The number of rotatable bonds is 5. The van der Waals surface area contributed by atoms with Crippen LogP contribution >= 0.6 is 34.0 Å². The van der Waals surface area contributed by atoms with Gasteiger partial charge in [-0.25, -0.2) is 0 Å². The van der Waals surface area contributed by atoms with E-state index >= 15 is 0 Å². The molecule has 6 aromatic heterocycles. The van der Waals surface area contributed by atoms with E-state index in [1.165, 1.54) is 232 Å². The van der Waals surface area contributed by atoms with Crippen molar-refractivity contribution in [3.8, 4) is 72.7 Å². The van der Waals surface area contributed by atoms with Crippen molar-refractivity contribution in [1.82, 2.24) is 13.7 Å². The minimum absolute atomic E-state index is 0.0806. The van der Waals surface area contributed by atoms with Crippen molar-refractivity contribution in [2.24, 2.45) is 0 Å². The second-order valence-electron chi connectivity index (χ2n) is 33.7. The van der Waals surface area contributed by atoms with E-state index in [0.29, 0.717) is 0 Å². The summed E-state index contributed by atoms with van der Waals surface area (Å²) in [5.74, 6) is 0. The van der Waals surface area contributed by atoms with Crippen LogP contribution in [-0.4, -0.2) is 13.7 Å². The van der Waals surface area contributed by atoms with Gasteiger partial charge in [0, 0.05) is 126 Å². The van der Waals surface area contributed by atoms with Gasteiger partial charge in [0.25, 0.3) is 0 Å². The summed E-state index contributed by atoms with van der Waals surface area (Å²) in [6, 6.07) is 132. The molecule has 17 aromatic carbocycles. The normalized spacial score (nSPS) is 13.9. The van der Waals surface area contributed by atoms with Crippen molar-refractivity contribution in [2.45, 2.75) is 57.8 Å². The maximum Gasteiger partial charge on any atom is 0.0547 e. The molecule has 0 unspecified atom stereocenters. The molecule has 6 heteroatoms. The van der Waals surface area contributed by atoms with Crippen LogP contribution in [0, 0.1) is 0 Å². The van der Waals surface area contributed by atoms with Gasteiger partial charge in [0.05, 0.1) is 33.1 Å². The summed E-state index contributed by atoms with van der Waals surface area (Å²) in [6.45, 7) is 14.4. The number of thiophene rings is 3. The van der Waals surface area contributed by atoms with E-state index in [0.717, 1.165) is 0 Å². The molecule has 3 aliphatic rings. The number of hydrogen-bond donors (Lipinski definition) is 0. The Balaban J connectivity index is 0.000000101. The molecule has 0 amide bonds. The van der Waals surface area contributed by atoms with Crippen molar-refractivity contribution >= 4 is 160 Å². The van der Waals surface area contributed by atoms with E-state index in [-0.39, 0.29) is 16.2 Å². The van der Waals surface area contributed by atoms with Gasteiger partial charge >= 0.3 is 0 Å². The van der Waals surface area contributed by atoms with Gasteiger partial charge in [0.15, 0.2) is 0 Å². The van der Waals surface area contributed by atoms with Crippen LogP contribution in [0.4, 0.5) is 0 Å². The Morgan fingerprint density at radius 1 is 0.188 bits per heavy atom. The molecule has 117 heavy (non-hydrogen) atoms. The molecule has 0 fully saturated rings. The maximum atomic E-state index is 2.46. The van der Waals surface area contributed by atoms with Crippen molar-refractivity contribution in [1.29, 1.82) is 0 Å². The number of fused-ring (bicyclic) bond motifs is 30. The van der Waals surface area contributed by atoms with Crippen LogP contribution in [0.25, 0.3) is 199 Å². The first-order chi connectivity index (χ1) is 57.3. The molecule has 554 valence electrons. The first kappa shape index (κ1) is 68.2. The van der Waals surface area contributed by atoms with Crippen molar-refractivity contribution in [2.75, 3.05) is 0 Å². The Hall–Kier alpha value is -13.2. The van der Waals surface area contributed by atoms with Crippen LogP contribution in [-0.2, 0) is 16.2 Å². The fourth-order valence-corrected chi connectivity index (χ4v) is 24.4. The summed E-state index contributed by atoms with van der Waals surface area (Å²) in [5, 5.41) is 16.2. The van der Waals surface area contributed by atoms with Gasteiger partial charge in [-0.05, 0) is 204 Å². The fraction of sp³-hybridized carbons (Fsp3) is 0.0811. The molecule has 0 atom stereocenters. The average molecular weight is 1550 g/mol. The van der Waals surface area contributed by atoms with E-state index in [1.807, 2.05) is 34.0 Å². The first-order valence-corrected chi connectivity index (χ1v) is 43.2. The fourth-order valence-electron chi connectivity index (χ4n) is 21.1. The molecule has 0 saturated heterocycles. The molecule has 0 spiro atoms. The van der Waals surface area contributed by atoms with Crippen molar-refractivity contribution in [3.05, 3.63) is 391 Å². The van der Waals surface area contributed by atoms with Crippen LogP contribution < -0.4 is 0 Å². The molecule has 3 nitrogen and oxygen atoms in total. The first-order valence-electron chi connectivity index (χ1n) is 40.8. The van der Waals surface area contributed by atoms with E-state index in [4.69, 9.17) is 0 Å². The molecular weight excluding hydrogens is 1470 g/mol. The largest absolute Gasteiger partial charge is 0.309 e. The topological polar surface area (TPSA) is 14.8 Å². The smallest absolute Gasteiger partial charge is 0.0547 e. The standard InChI is InChI=1S/2C39H27NS.C33H23NS/c1-39(2)32-23-26(17-18-27(32)29-19-21-36-37(38(29)39)30-13-7-9-15-35(30)41-36)40-33-14-8-6-12-28(33)31-22-25(16-20-34(31)40)24-10-4-3-5-11-24;1-39(2)32-23-26(17-19-27(32)30-20-21-36-37(38(30)39)31-13-7-9-15-35(31)41-36)40-33-14-8-6-12-28(33)29-18-16-25(22-34(29)40)24-10-4-3-5-11-24;1-33(2)26-19-20(34-27-12-6-3-9-22(27)23-10-4-7-13-28(23)34)15-16-21(26)24-17-18-30-31(32(24)33)25-11-5-8-14-29(25)35-30/h2*3-23H,1-2H3;3-19H,1-2H3. The SMILES string of the molecule is CC1(C)c2cc(-n3c4ccccc4c4cc(-c5ccccc5)ccc43)ccc2-c2ccc3sc4ccccc4c3c21.CC1(C)c2cc(-n3c4ccccc4c4ccc(-c5ccccc5)cc43)ccc2-c2ccc3sc4ccccc4c3c21.CC1(C)c2cc(-n3c4ccccc4c4ccccc43)ccc2-c2ccc3sc4ccccc4c3c21. The summed E-state index contributed by atoms with van der Waals surface area (Å²) in [7, 11) is 0.